The third kappa shape index (κ3) is 3.03. The van der Waals surface area contributed by atoms with Crippen LogP contribution < -0.4 is 20.7 Å². The number of aryl methyl sites for hydroxylation is 1. The third-order valence-electron chi connectivity index (χ3n) is 4.71. The molecule has 4 aromatic rings. The van der Waals surface area contributed by atoms with Gasteiger partial charge < -0.3 is 14.0 Å². The van der Waals surface area contributed by atoms with Crippen LogP contribution in [0.5, 0.6) is 11.5 Å². The van der Waals surface area contributed by atoms with Crippen LogP contribution in [0.4, 0.5) is 0 Å². The van der Waals surface area contributed by atoms with Crippen LogP contribution >= 0.6 is 11.6 Å². The van der Waals surface area contributed by atoms with E-state index in [1.165, 1.54) is 30.3 Å². The summed E-state index contributed by atoms with van der Waals surface area (Å²) in [5, 5.41) is 4.01. The second-order valence-corrected chi connectivity index (χ2v) is 6.76. The Morgan fingerprint density at radius 1 is 1.10 bits per heavy atom. The molecule has 156 valence electrons. The minimum absolute atomic E-state index is 0.00571. The molecule has 0 aliphatic heterocycles. The molecule has 0 spiro atoms. The van der Waals surface area contributed by atoms with Crippen molar-refractivity contribution < 1.29 is 14.0 Å². The van der Waals surface area contributed by atoms with Crippen molar-refractivity contribution in [3.05, 3.63) is 50.2 Å². The highest BCUT2D eigenvalue weighted by atomic mass is 35.5. The zero-order chi connectivity index (χ0) is 21.6. The molecule has 0 radical (unpaired) electrons. The molecule has 1 aromatic carbocycles. The van der Waals surface area contributed by atoms with Crippen LogP contribution in [-0.2, 0) is 20.6 Å². The molecule has 0 amide bonds. The maximum atomic E-state index is 12.6. The molecule has 0 aliphatic carbocycles. The number of aromatic nitrogens is 6. The molecule has 0 aliphatic rings. The summed E-state index contributed by atoms with van der Waals surface area (Å²) in [6.07, 6.45) is 0. The summed E-state index contributed by atoms with van der Waals surface area (Å²) in [7, 11) is 5.98. The Labute approximate surface area is 174 Å². The van der Waals surface area contributed by atoms with E-state index in [-0.39, 0.29) is 28.9 Å². The first-order chi connectivity index (χ1) is 14.3. The maximum Gasteiger partial charge on any atom is 0.332 e. The zero-order valence-electron chi connectivity index (χ0n) is 16.5. The van der Waals surface area contributed by atoms with Gasteiger partial charge in [0.05, 0.1) is 19.8 Å². The highest BCUT2D eigenvalue weighted by Crippen LogP contribution is 2.31. The second kappa shape index (κ2) is 7.34. The molecule has 30 heavy (non-hydrogen) atoms. The molecule has 4 rings (SSSR count). The second-order valence-electron chi connectivity index (χ2n) is 6.42. The lowest BCUT2D eigenvalue weighted by Crippen LogP contribution is -2.37. The molecule has 0 fully saturated rings. The first kappa shape index (κ1) is 19.7. The molecule has 11 nitrogen and oxygen atoms in total. The summed E-state index contributed by atoms with van der Waals surface area (Å²) in [4.78, 5) is 33.3. The Hall–Kier alpha value is -3.60. The van der Waals surface area contributed by atoms with E-state index in [0.29, 0.717) is 22.9 Å². The number of rotatable bonds is 5. The van der Waals surface area contributed by atoms with Gasteiger partial charge in [0.15, 0.2) is 11.2 Å². The van der Waals surface area contributed by atoms with E-state index in [2.05, 4.69) is 15.1 Å². The summed E-state index contributed by atoms with van der Waals surface area (Å²) in [5.41, 5.74) is -0.0891. The Bertz CT molecular complexity index is 1380. The number of fused-ring (bicyclic) bond motifs is 1. The first-order valence-electron chi connectivity index (χ1n) is 8.72. The number of halogens is 1. The summed E-state index contributed by atoms with van der Waals surface area (Å²) >= 11 is 6.24. The van der Waals surface area contributed by atoms with E-state index in [4.69, 9.17) is 25.6 Å². The average molecular weight is 433 g/mol. The van der Waals surface area contributed by atoms with Crippen molar-refractivity contribution in [2.45, 2.75) is 6.54 Å². The van der Waals surface area contributed by atoms with Gasteiger partial charge in [-0.3, -0.25) is 18.5 Å². The van der Waals surface area contributed by atoms with Crippen LogP contribution in [0.3, 0.4) is 0 Å². The molecule has 0 N–H and O–H groups in total. The van der Waals surface area contributed by atoms with E-state index >= 15 is 0 Å². The molecular weight excluding hydrogens is 416 g/mol. The lowest BCUT2D eigenvalue weighted by atomic mass is 10.2. The molecule has 0 unspecified atom stereocenters. The van der Waals surface area contributed by atoms with Gasteiger partial charge >= 0.3 is 5.69 Å². The Morgan fingerprint density at radius 3 is 2.57 bits per heavy atom. The van der Waals surface area contributed by atoms with Crippen LogP contribution in [0.2, 0.25) is 5.28 Å². The van der Waals surface area contributed by atoms with Crippen LogP contribution in [-0.4, -0.2) is 43.0 Å². The van der Waals surface area contributed by atoms with Crippen molar-refractivity contribution in [3.8, 4) is 22.9 Å². The van der Waals surface area contributed by atoms with Gasteiger partial charge in [-0.2, -0.15) is 9.97 Å². The van der Waals surface area contributed by atoms with Gasteiger partial charge in [0, 0.05) is 20.2 Å². The van der Waals surface area contributed by atoms with Crippen LogP contribution in [0.25, 0.3) is 22.6 Å². The van der Waals surface area contributed by atoms with Crippen molar-refractivity contribution in [3.63, 3.8) is 0 Å². The Kier molecular flexibility index (Phi) is 4.82. The Balaban J connectivity index is 1.77. The van der Waals surface area contributed by atoms with Gasteiger partial charge in [-0.25, -0.2) is 4.79 Å². The predicted molar refractivity (Wildman–Crippen MR) is 107 cm³/mol. The smallest absolute Gasteiger partial charge is 0.332 e. The summed E-state index contributed by atoms with van der Waals surface area (Å²) in [6.45, 7) is -0.00571. The molecule has 0 bridgehead atoms. The van der Waals surface area contributed by atoms with Gasteiger partial charge in [-0.15, -0.1) is 0 Å². The summed E-state index contributed by atoms with van der Waals surface area (Å²) in [5.74, 6) is 1.62. The number of benzene rings is 1. The Morgan fingerprint density at radius 2 is 1.87 bits per heavy atom. The van der Waals surface area contributed by atoms with Gasteiger partial charge in [-0.05, 0) is 23.7 Å². The van der Waals surface area contributed by atoms with Crippen LogP contribution in [0.15, 0.2) is 32.3 Å². The topological polar surface area (TPSA) is 119 Å². The first-order valence-corrected chi connectivity index (χ1v) is 9.10. The molecular formula is C18H17ClN6O5. The van der Waals surface area contributed by atoms with E-state index in [1.807, 2.05) is 0 Å². The van der Waals surface area contributed by atoms with Gasteiger partial charge in [0.2, 0.25) is 17.0 Å². The van der Waals surface area contributed by atoms with E-state index in [9.17, 15) is 9.59 Å². The number of hydrogen-bond acceptors (Lipinski definition) is 8. The fourth-order valence-electron chi connectivity index (χ4n) is 3.11. The summed E-state index contributed by atoms with van der Waals surface area (Å²) < 4.78 is 19.6. The number of hydrogen-bond donors (Lipinski definition) is 0. The largest absolute Gasteiger partial charge is 0.497 e. The van der Waals surface area contributed by atoms with E-state index < -0.39 is 11.2 Å². The molecule has 12 heteroatoms. The minimum Gasteiger partial charge on any atom is -0.497 e. The normalized spacial score (nSPS) is 11.2. The minimum atomic E-state index is -0.524. The van der Waals surface area contributed by atoms with Gasteiger partial charge in [-0.1, -0.05) is 5.16 Å². The van der Waals surface area contributed by atoms with Crippen molar-refractivity contribution in [1.29, 1.82) is 0 Å². The standard InChI is InChI=1S/C18H17ClN6O5/c1-23-15-13(16(26)24(2)18(23)27)25(17(19)21-15)8-12-20-14(22-30-12)10-6-5-9(28-3)7-11(10)29-4/h5-7H,8H2,1-4H3. The maximum absolute atomic E-state index is 12.6. The highest BCUT2D eigenvalue weighted by molar-refractivity contribution is 6.29. The average Bonchev–Trinajstić information content (AvgIpc) is 3.35. The SMILES string of the molecule is COc1ccc(-c2noc(Cn3c(Cl)nc4c3c(=O)n(C)c(=O)n4C)n2)c(OC)c1. The zero-order valence-corrected chi connectivity index (χ0v) is 17.3. The number of ether oxygens (including phenoxy) is 2. The molecule has 3 heterocycles. The van der Waals surface area contributed by atoms with Crippen molar-refractivity contribution in [2.24, 2.45) is 14.1 Å². The van der Waals surface area contributed by atoms with Crippen molar-refractivity contribution >= 4 is 22.8 Å². The van der Waals surface area contributed by atoms with Crippen molar-refractivity contribution in [1.82, 2.24) is 28.8 Å². The molecule has 0 saturated heterocycles. The fourth-order valence-corrected chi connectivity index (χ4v) is 3.34. The van der Waals surface area contributed by atoms with Gasteiger partial charge in [0.1, 0.15) is 18.0 Å². The lowest BCUT2D eigenvalue weighted by molar-refractivity contribution is 0.371. The molecule has 0 saturated carbocycles. The van der Waals surface area contributed by atoms with Crippen molar-refractivity contribution in [2.75, 3.05) is 14.2 Å². The summed E-state index contributed by atoms with van der Waals surface area (Å²) in [6, 6.07) is 5.20. The third-order valence-corrected chi connectivity index (χ3v) is 5.00. The van der Waals surface area contributed by atoms with Crippen LogP contribution in [0.1, 0.15) is 5.89 Å². The molecule has 3 aromatic heterocycles. The number of nitrogens with zero attached hydrogens (tertiary/aromatic N) is 6. The highest BCUT2D eigenvalue weighted by Gasteiger charge is 2.21. The monoisotopic (exact) mass is 432 g/mol. The quantitative estimate of drug-likeness (QED) is 0.431. The van der Waals surface area contributed by atoms with E-state index in [0.717, 1.165) is 4.57 Å². The molecule has 0 atom stereocenters. The fraction of sp³-hybridized carbons (Fsp3) is 0.278. The number of methoxy groups -OCH3 is 2. The lowest BCUT2D eigenvalue weighted by Gasteiger charge is -2.07. The van der Waals surface area contributed by atoms with Gasteiger partial charge in [0.25, 0.3) is 5.56 Å². The number of imidazole rings is 1. The predicted octanol–water partition coefficient (Wildman–Crippen LogP) is 1.20. The van der Waals surface area contributed by atoms with E-state index in [1.54, 1.807) is 25.3 Å². The van der Waals surface area contributed by atoms with Crippen LogP contribution in [0, 0.1) is 0 Å².